The minimum absolute atomic E-state index is 0.0546. The number of hydrogen-bond donors (Lipinski definition) is 2. The summed E-state index contributed by atoms with van der Waals surface area (Å²) in [4.78, 5) is 27.0. The predicted octanol–water partition coefficient (Wildman–Crippen LogP) is 4.70. The average molecular weight is 474 g/mol. The fraction of sp³-hybridized carbons (Fsp3) is 0.417. The number of fused-ring (bicyclic) bond motifs is 2. The lowest BCUT2D eigenvalue weighted by molar-refractivity contribution is 0.0524. The van der Waals surface area contributed by atoms with Crippen molar-refractivity contribution in [3.63, 3.8) is 0 Å². The van der Waals surface area contributed by atoms with Gasteiger partial charge in [-0.3, -0.25) is 4.79 Å². The molecule has 0 radical (unpaired) electrons. The third-order valence-electron chi connectivity index (χ3n) is 6.52. The molecule has 3 N–H and O–H groups in total. The van der Waals surface area contributed by atoms with E-state index >= 15 is 8.78 Å². The molecule has 1 saturated carbocycles. The summed E-state index contributed by atoms with van der Waals surface area (Å²) in [5.74, 6) is -2.62. The molecule has 9 heteroatoms. The SMILES string of the molecule is CCOC(=O)c1cn(C2CC2)c2c(F)c(-c3cc4c(s3)C(NC)CCC4)c(F)c(N)c2c1=O. The zero-order valence-corrected chi connectivity index (χ0v) is 19.3. The summed E-state index contributed by atoms with van der Waals surface area (Å²) in [6, 6.07) is 1.90. The number of esters is 1. The number of anilines is 1. The minimum atomic E-state index is -0.972. The molecule has 2 heterocycles. The molecule has 2 aromatic heterocycles. The predicted molar refractivity (Wildman–Crippen MR) is 125 cm³/mol. The number of benzene rings is 1. The summed E-state index contributed by atoms with van der Waals surface area (Å²) in [6.07, 6.45) is 5.68. The third-order valence-corrected chi connectivity index (χ3v) is 7.82. The van der Waals surface area contributed by atoms with Crippen molar-refractivity contribution in [2.45, 2.75) is 51.1 Å². The van der Waals surface area contributed by atoms with E-state index in [4.69, 9.17) is 10.5 Å². The number of nitrogens with zero attached hydrogens (tertiary/aromatic N) is 1. The molecule has 2 aliphatic carbocycles. The maximum atomic E-state index is 16.1. The Labute approximate surface area is 193 Å². The first-order chi connectivity index (χ1) is 15.9. The molecule has 0 aliphatic heterocycles. The smallest absolute Gasteiger partial charge is 0.343 e. The molecule has 174 valence electrons. The van der Waals surface area contributed by atoms with Crippen LogP contribution in [-0.4, -0.2) is 24.2 Å². The highest BCUT2D eigenvalue weighted by atomic mass is 32.1. The molecule has 2 aliphatic rings. The summed E-state index contributed by atoms with van der Waals surface area (Å²) in [7, 11) is 1.88. The maximum absolute atomic E-state index is 16.1. The van der Waals surface area contributed by atoms with Gasteiger partial charge in [0.1, 0.15) is 5.56 Å². The zero-order chi connectivity index (χ0) is 23.4. The van der Waals surface area contributed by atoms with E-state index in [1.165, 1.54) is 17.5 Å². The van der Waals surface area contributed by atoms with E-state index in [2.05, 4.69) is 5.32 Å². The van der Waals surface area contributed by atoms with Crippen molar-refractivity contribution in [1.29, 1.82) is 0 Å². The first kappa shape index (κ1) is 22.0. The Morgan fingerprint density at radius 3 is 2.73 bits per heavy atom. The number of thiophene rings is 1. The highest BCUT2D eigenvalue weighted by molar-refractivity contribution is 7.15. The summed E-state index contributed by atoms with van der Waals surface area (Å²) in [5.41, 5.74) is 5.40. The Morgan fingerprint density at radius 1 is 1.30 bits per heavy atom. The van der Waals surface area contributed by atoms with Gasteiger partial charge in [-0.1, -0.05) is 0 Å². The van der Waals surface area contributed by atoms with Crippen LogP contribution in [0.25, 0.3) is 21.3 Å². The number of pyridine rings is 1. The summed E-state index contributed by atoms with van der Waals surface area (Å²) >= 11 is 1.36. The second-order valence-corrected chi connectivity index (χ2v) is 9.69. The molecule has 5 rings (SSSR count). The normalized spacial score (nSPS) is 17.9. The monoisotopic (exact) mass is 473 g/mol. The van der Waals surface area contributed by atoms with Crippen LogP contribution in [0.3, 0.4) is 0 Å². The van der Waals surface area contributed by atoms with Crippen LogP contribution >= 0.6 is 11.3 Å². The van der Waals surface area contributed by atoms with E-state index in [9.17, 15) is 9.59 Å². The first-order valence-corrected chi connectivity index (χ1v) is 12.0. The molecule has 1 unspecified atom stereocenters. The Hall–Kier alpha value is -2.78. The van der Waals surface area contributed by atoms with Crippen molar-refractivity contribution < 1.29 is 18.3 Å². The molecule has 0 bridgehead atoms. The lowest BCUT2D eigenvalue weighted by Gasteiger charge is -2.21. The standard InChI is InChI=1S/C24H25F2N3O3S/c1-3-32-24(31)13-10-29(12-7-8-12)21-17(22(13)30)20(27)18(25)16(19(21)26)15-9-11-5-4-6-14(28-2)23(11)33-15/h9-10,12,14,28H,3-8,27H2,1-2H3. The molecule has 1 aromatic carbocycles. The minimum Gasteiger partial charge on any atom is -0.462 e. The van der Waals surface area contributed by atoms with Crippen LogP contribution in [-0.2, 0) is 11.2 Å². The second-order valence-electron chi connectivity index (χ2n) is 8.60. The summed E-state index contributed by atoms with van der Waals surface area (Å²) in [5, 5.41) is 2.97. The molecule has 0 saturated heterocycles. The van der Waals surface area contributed by atoms with Crippen LogP contribution in [0.4, 0.5) is 14.5 Å². The Kier molecular flexibility index (Phi) is 5.49. The molecule has 6 nitrogen and oxygen atoms in total. The van der Waals surface area contributed by atoms with E-state index in [-0.39, 0.29) is 40.7 Å². The highest BCUT2D eigenvalue weighted by Gasteiger charge is 2.33. The van der Waals surface area contributed by atoms with E-state index in [0.29, 0.717) is 4.88 Å². The van der Waals surface area contributed by atoms with E-state index in [0.717, 1.165) is 42.5 Å². The van der Waals surface area contributed by atoms with Crippen molar-refractivity contribution in [3.05, 3.63) is 50.1 Å². The van der Waals surface area contributed by atoms with Crippen LogP contribution in [0.1, 0.15) is 65.5 Å². The van der Waals surface area contributed by atoms with E-state index in [1.54, 1.807) is 11.5 Å². The summed E-state index contributed by atoms with van der Waals surface area (Å²) in [6.45, 7) is 1.70. The van der Waals surface area contributed by atoms with Crippen molar-refractivity contribution in [1.82, 2.24) is 9.88 Å². The van der Waals surface area contributed by atoms with Crippen molar-refractivity contribution in [2.75, 3.05) is 19.4 Å². The van der Waals surface area contributed by atoms with Gasteiger partial charge in [0.2, 0.25) is 5.43 Å². The van der Waals surface area contributed by atoms with Gasteiger partial charge in [0.25, 0.3) is 0 Å². The lowest BCUT2D eigenvalue weighted by Crippen LogP contribution is -2.23. The number of rotatable bonds is 5. The molecular formula is C24H25F2N3O3S. The van der Waals surface area contributed by atoms with Crippen LogP contribution in [0.5, 0.6) is 0 Å². The molecule has 0 spiro atoms. The Bertz CT molecular complexity index is 1340. The van der Waals surface area contributed by atoms with Crippen LogP contribution in [0.15, 0.2) is 17.1 Å². The van der Waals surface area contributed by atoms with Gasteiger partial charge >= 0.3 is 5.97 Å². The molecule has 0 amide bonds. The van der Waals surface area contributed by atoms with Gasteiger partial charge in [-0.05, 0) is 57.7 Å². The zero-order valence-electron chi connectivity index (χ0n) is 18.5. The quantitative estimate of drug-likeness (QED) is 0.414. The fourth-order valence-electron chi connectivity index (χ4n) is 4.74. The number of aryl methyl sites for hydroxylation is 1. The maximum Gasteiger partial charge on any atom is 0.343 e. The lowest BCUT2D eigenvalue weighted by atomic mass is 9.94. The largest absolute Gasteiger partial charge is 0.462 e. The van der Waals surface area contributed by atoms with Crippen LogP contribution < -0.4 is 16.5 Å². The second kappa shape index (κ2) is 8.22. The van der Waals surface area contributed by atoms with Gasteiger partial charge in [-0.15, -0.1) is 11.3 Å². The molecule has 33 heavy (non-hydrogen) atoms. The molecule has 1 fully saturated rings. The van der Waals surface area contributed by atoms with Crippen molar-refractivity contribution in [2.24, 2.45) is 0 Å². The number of carbonyl (C=O) groups excluding carboxylic acids is 1. The number of nitrogens with two attached hydrogens (primary N) is 1. The van der Waals surface area contributed by atoms with Crippen molar-refractivity contribution >= 4 is 33.9 Å². The van der Waals surface area contributed by atoms with Crippen LogP contribution in [0.2, 0.25) is 0 Å². The number of hydrogen-bond acceptors (Lipinski definition) is 6. The molecule has 3 aromatic rings. The van der Waals surface area contributed by atoms with E-state index in [1.807, 2.05) is 13.1 Å². The highest BCUT2D eigenvalue weighted by Crippen LogP contribution is 2.45. The number of ether oxygens (including phenoxy) is 1. The molecule has 1 atom stereocenters. The number of nitrogen functional groups attached to an aromatic ring is 1. The van der Waals surface area contributed by atoms with E-state index < -0.39 is 28.7 Å². The number of nitrogens with one attached hydrogen (secondary N) is 1. The topological polar surface area (TPSA) is 86.3 Å². The third kappa shape index (κ3) is 3.45. The Balaban J connectivity index is 1.79. The average Bonchev–Trinajstić information content (AvgIpc) is 3.55. The van der Waals surface area contributed by atoms with Gasteiger partial charge in [-0.2, -0.15) is 0 Å². The van der Waals surface area contributed by atoms with Crippen molar-refractivity contribution in [3.8, 4) is 10.4 Å². The summed E-state index contributed by atoms with van der Waals surface area (Å²) < 4.78 is 38.2. The molecular weight excluding hydrogens is 448 g/mol. The fourth-order valence-corrected chi connectivity index (χ4v) is 6.13. The van der Waals surface area contributed by atoms with Gasteiger partial charge in [-0.25, -0.2) is 13.6 Å². The number of aromatic nitrogens is 1. The van der Waals surface area contributed by atoms with Crippen LogP contribution in [0, 0.1) is 11.6 Å². The first-order valence-electron chi connectivity index (χ1n) is 11.2. The van der Waals surface area contributed by atoms with Gasteiger partial charge in [0.15, 0.2) is 11.6 Å². The van der Waals surface area contributed by atoms with Gasteiger partial charge in [0.05, 0.1) is 28.8 Å². The number of halogens is 2. The van der Waals surface area contributed by atoms with Gasteiger partial charge < -0.3 is 20.4 Å². The number of carbonyl (C=O) groups is 1. The Morgan fingerprint density at radius 2 is 2.06 bits per heavy atom. The van der Waals surface area contributed by atoms with Gasteiger partial charge in [0, 0.05) is 28.0 Å².